The Morgan fingerprint density at radius 2 is 1.61 bits per heavy atom. The van der Waals surface area contributed by atoms with E-state index in [4.69, 9.17) is 0 Å². The van der Waals surface area contributed by atoms with Gasteiger partial charge in [0.1, 0.15) is 5.56 Å². The number of hydrogen-bond acceptors (Lipinski definition) is 2. The average Bonchev–Trinajstić information content (AvgIpc) is 2.72. The Morgan fingerprint density at radius 3 is 2.32 bits per heavy atom. The van der Waals surface area contributed by atoms with E-state index in [1.165, 1.54) is 12.3 Å². The summed E-state index contributed by atoms with van der Waals surface area (Å²) in [4.78, 5) is 28.6. The van der Waals surface area contributed by atoms with E-state index in [-0.39, 0.29) is 11.0 Å². The van der Waals surface area contributed by atoms with Crippen molar-refractivity contribution in [2.24, 2.45) is 0 Å². The first kappa shape index (κ1) is 18.9. The Morgan fingerprint density at radius 1 is 0.929 bits per heavy atom. The van der Waals surface area contributed by atoms with Crippen LogP contribution in [-0.2, 0) is 0 Å². The fourth-order valence-electron chi connectivity index (χ4n) is 2.92. The Bertz CT molecular complexity index is 1210. The van der Waals surface area contributed by atoms with Crippen molar-refractivity contribution < 1.29 is 4.79 Å². The minimum Gasteiger partial charge on any atom is -0.360 e. The van der Waals surface area contributed by atoms with E-state index in [2.05, 4.69) is 23.5 Å². The van der Waals surface area contributed by atoms with Gasteiger partial charge in [0.05, 0.1) is 0 Å². The molecule has 4 heteroatoms. The van der Waals surface area contributed by atoms with Crippen molar-refractivity contribution in [2.45, 2.75) is 0 Å². The highest BCUT2D eigenvalue weighted by atomic mass is 16.2. The van der Waals surface area contributed by atoms with Gasteiger partial charge in [0.25, 0.3) is 5.91 Å². The summed E-state index contributed by atoms with van der Waals surface area (Å²) in [6.07, 6.45) is 7.74. The number of carbonyl (C=O) groups is 1. The summed E-state index contributed by atoms with van der Waals surface area (Å²) in [7, 11) is 0. The van der Waals surface area contributed by atoms with Crippen LogP contribution < -0.4 is 21.3 Å². The van der Waals surface area contributed by atoms with Crippen molar-refractivity contribution in [1.82, 2.24) is 4.98 Å². The normalized spacial score (nSPS) is 11.9. The Hall–Kier alpha value is -3.92. The number of anilines is 1. The number of amides is 1. The number of hydrogen-bond donors (Lipinski definition) is 2. The molecule has 138 valence electrons. The SMILES string of the molecule is C=C/C=c1/[nH]cc(C(=O)Nc2ccccc2-c2ccccc2)c(=O)/c1=C/C=C. The average molecular weight is 368 g/mol. The van der Waals surface area contributed by atoms with Gasteiger partial charge >= 0.3 is 0 Å². The number of allylic oxidation sites excluding steroid dienone is 2. The molecule has 3 aromatic rings. The molecule has 0 atom stereocenters. The van der Waals surface area contributed by atoms with Gasteiger partial charge in [-0.25, -0.2) is 0 Å². The number of benzene rings is 2. The number of para-hydroxylation sites is 1. The van der Waals surface area contributed by atoms with Crippen LogP contribution in [-0.4, -0.2) is 10.9 Å². The van der Waals surface area contributed by atoms with Gasteiger partial charge in [0.2, 0.25) is 5.43 Å². The summed E-state index contributed by atoms with van der Waals surface area (Å²) in [6, 6.07) is 17.2. The molecular formula is C24H20N2O2. The van der Waals surface area contributed by atoms with Crippen LogP contribution in [0.25, 0.3) is 23.3 Å². The molecule has 0 radical (unpaired) electrons. The molecule has 1 heterocycles. The largest absolute Gasteiger partial charge is 0.360 e. The lowest BCUT2D eigenvalue weighted by Gasteiger charge is -2.11. The van der Waals surface area contributed by atoms with Crippen molar-refractivity contribution in [3.05, 3.63) is 112 Å². The number of rotatable bonds is 5. The summed E-state index contributed by atoms with van der Waals surface area (Å²) < 4.78 is 0. The Kier molecular flexibility index (Phi) is 5.82. The van der Waals surface area contributed by atoms with Gasteiger partial charge in [-0.05, 0) is 23.8 Å². The van der Waals surface area contributed by atoms with E-state index < -0.39 is 5.91 Å². The van der Waals surface area contributed by atoms with Crippen molar-refractivity contribution >= 4 is 23.7 Å². The molecule has 4 nitrogen and oxygen atoms in total. The zero-order valence-electron chi connectivity index (χ0n) is 15.3. The molecule has 0 spiro atoms. The second kappa shape index (κ2) is 8.64. The molecule has 0 aliphatic rings. The molecule has 0 saturated carbocycles. The third kappa shape index (κ3) is 3.91. The maximum Gasteiger partial charge on any atom is 0.261 e. The Labute approximate surface area is 162 Å². The molecule has 0 aliphatic carbocycles. The molecule has 2 aromatic carbocycles. The molecule has 2 N–H and O–H groups in total. The summed E-state index contributed by atoms with van der Waals surface area (Å²) in [5, 5.41) is 3.79. The van der Waals surface area contributed by atoms with Crippen LogP contribution in [0.4, 0.5) is 5.69 Å². The lowest BCUT2D eigenvalue weighted by atomic mass is 10.0. The molecule has 0 aliphatic heterocycles. The molecular weight excluding hydrogens is 348 g/mol. The van der Waals surface area contributed by atoms with Gasteiger partial charge in [-0.15, -0.1) is 0 Å². The maximum absolute atomic E-state index is 12.8. The number of pyridine rings is 1. The van der Waals surface area contributed by atoms with Gasteiger partial charge in [0, 0.05) is 28.0 Å². The van der Waals surface area contributed by atoms with E-state index in [1.54, 1.807) is 18.2 Å². The minimum atomic E-state index is -0.478. The Balaban J connectivity index is 2.05. The summed E-state index contributed by atoms with van der Waals surface area (Å²) in [6.45, 7) is 7.28. The number of H-pyrrole nitrogens is 1. The fourth-order valence-corrected chi connectivity index (χ4v) is 2.92. The lowest BCUT2D eigenvalue weighted by Crippen LogP contribution is -2.44. The monoisotopic (exact) mass is 368 g/mol. The molecule has 0 saturated heterocycles. The number of aromatic amines is 1. The molecule has 0 unspecified atom stereocenters. The van der Waals surface area contributed by atoms with Crippen LogP contribution in [0.15, 0.2) is 90.9 Å². The first-order valence-corrected chi connectivity index (χ1v) is 8.78. The van der Waals surface area contributed by atoms with Crippen LogP contribution in [0.3, 0.4) is 0 Å². The fraction of sp³-hybridized carbons (Fsp3) is 0. The highest BCUT2D eigenvalue weighted by Gasteiger charge is 2.14. The van der Waals surface area contributed by atoms with Gasteiger partial charge in [-0.3, -0.25) is 9.59 Å². The first-order valence-electron chi connectivity index (χ1n) is 8.78. The maximum atomic E-state index is 12.8. The third-order valence-corrected chi connectivity index (χ3v) is 4.23. The van der Waals surface area contributed by atoms with E-state index in [0.29, 0.717) is 16.3 Å². The molecule has 3 rings (SSSR count). The predicted octanol–water partition coefficient (Wildman–Crippen LogP) is 3.23. The zero-order valence-corrected chi connectivity index (χ0v) is 15.3. The molecule has 1 aromatic heterocycles. The number of nitrogens with one attached hydrogen (secondary N) is 2. The zero-order chi connectivity index (χ0) is 19.9. The smallest absolute Gasteiger partial charge is 0.261 e. The summed E-state index contributed by atoms with van der Waals surface area (Å²) >= 11 is 0. The van der Waals surface area contributed by atoms with Gasteiger partial charge < -0.3 is 10.3 Å². The molecule has 1 amide bonds. The van der Waals surface area contributed by atoms with Gasteiger partial charge in [-0.1, -0.05) is 73.8 Å². The first-order chi connectivity index (χ1) is 13.7. The minimum absolute atomic E-state index is 0.0252. The number of carbonyl (C=O) groups excluding carboxylic acids is 1. The van der Waals surface area contributed by atoms with Crippen molar-refractivity contribution in [2.75, 3.05) is 5.32 Å². The summed E-state index contributed by atoms with van der Waals surface area (Å²) in [5.41, 5.74) is 2.14. The van der Waals surface area contributed by atoms with Crippen LogP contribution in [0.1, 0.15) is 10.4 Å². The predicted molar refractivity (Wildman–Crippen MR) is 115 cm³/mol. The summed E-state index contributed by atoms with van der Waals surface area (Å²) in [5.74, 6) is -0.478. The highest BCUT2D eigenvalue weighted by Crippen LogP contribution is 2.27. The van der Waals surface area contributed by atoms with E-state index in [0.717, 1.165) is 11.1 Å². The van der Waals surface area contributed by atoms with Gasteiger partial charge in [0.15, 0.2) is 0 Å². The molecule has 0 fully saturated rings. The topological polar surface area (TPSA) is 62.0 Å². The standard InChI is InChI=1S/C24H20N2O2/c1-3-10-19-21(11-4-2)25-16-20(23(19)27)24(28)26-22-15-9-8-14-18(22)17-12-6-5-7-13-17/h3-16,25H,1-2H2,(H,26,28)/b19-10+,21-11+. The highest BCUT2D eigenvalue weighted by molar-refractivity contribution is 6.06. The van der Waals surface area contributed by atoms with Crippen molar-refractivity contribution in [1.29, 1.82) is 0 Å². The van der Waals surface area contributed by atoms with E-state index in [1.807, 2.05) is 54.6 Å². The van der Waals surface area contributed by atoms with Crippen molar-refractivity contribution in [3.8, 4) is 11.1 Å². The lowest BCUT2D eigenvalue weighted by molar-refractivity contribution is 0.102. The van der Waals surface area contributed by atoms with Crippen LogP contribution in [0.5, 0.6) is 0 Å². The van der Waals surface area contributed by atoms with Crippen LogP contribution in [0.2, 0.25) is 0 Å². The second-order valence-electron chi connectivity index (χ2n) is 6.03. The molecule has 0 bridgehead atoms. The van der Waals surface area contributed by atoms with Gasteiger partial charge in [-0.2, -0.15) is 0 Å². The third-order valence-electron chi connectivity index (χ3n) is 4.23. The van der Waals surface area contributed by atoms with E-state index >= 15 is 0 Å². The number of aromatic nitrogens is 1. The van der Waals surface area contributed by atoms with Crippen LogP contribution in [0, 0.1) is 0 Å². The van der Waals surface area contributed by atoms with Crippen LogP contribution >= 0.6 is 0 Å². The second-order valence-corrected chi connectivity index (χ2v) is 6.03. The van der Waals surface area contributed by atoms with Crippen molar-refractivity contribution in [3.63, 3.8) is 0 Å². The van der Waals surface area contributed by atoms with E-state index in [9.17, 15) is 9.59 Å². The molecule has 28 heavy (non-hydrogen) atoms. The quantitative estimate of drug-likeness (QED) is 0.726.